The summed E-state index contributed by atoms with van der Waals surface area (Å²) in [6.45, 7) is 2.66. The third kappa shape index (κ3) is 4.74. The molecule has 2 rings (SSSR count). The summed E-state index contributed by atoms with van der Waals surface area (Å²) in [4.78, 5) is 11.9. The summed E-state index contributed by atoms with van der Waals surface area (Å²) in [5.41, 5.74) is 3.39. The van der Waals surface area contributed by atoms with Crippen LogP contribution >= 0.6 is 0 Å². The second-order valence-electron chi connectivity index (χ2n) is 4.82. The van der Waals surface area contributed by atoms with Crippen LogP contribution in [0.4, 0.5) is 0 Å². The highest BCUT2D eigenvalue weighted by Gasteiger charge is 2.04. The van der Waals surface area contributed by atoms with Gasteiger partial charge in [0.25, 0.3) is 5.91 Å². The van der Waals surface area contributed by atoms with Gasteiger partial charge in [0.1, 0.15) is 5.75 Å². The van der Waals surface area contributed by atoms with Gasteiger partial charge in [0.05, 0.1) is 12.8 Å². The third-order valence-corrected chi connectivity index (χ3v) is 2.97. The summed E-state index contributed by atoms with van der Waals surface area (Å²) in [6, 6.07) is 11.0. The Balaban J connectivity index is 1.93. The van der Waals surface area contributed by atoms with Crippen molar-refractivity contribution >= 4 is 12.1 Å². The van der Waals surface area contributed by atoms with E-state index in [1.807, 2.05) is 6.92 Å². The smallest absolute Gasteiger partial charge is 0.271 e. The van der Waals surface area contributed by atoms with Gasteiger partial charge in [-0.1, -0.05) is 6.92 Å². The molecule has 0 fully saturated rings. The van der Waals surface area contributed by atoms with Gasteiger partial charge in [-0.15, -0.1) is 0 Å². The minimum absolute atomic E-state index is 0.212. The quantitative estimate of drug-likeness (QED) is 0.434. The number of rotatable bonds is 6. The maximum absolute atomic E-state index is 11.9. The van der Waals surface area contributed by atoms with Gasteiger partial charge < -0.3 is 14.9 Å². The molecular weight excluding hydrogens is 296 g/mol. The standard InChI is InChI=1S/C17H18N2O4/c1-2-9-23-14-6-4-13(5-7-14)17(22)19-18-11-12-3-8-15(20)16(21)10-12/h3-8,10-11,20-21H,2,9H2,1H3,(H,19,22)/b18-11-. The number of ether oxygens (including phenoxy) is 1. The van der Waals surface area contributed by atoms with Gasteiger partial charge in [-0.2, -0.15) is 5.10 Å². The lowest BCUT2D eigenvalue weighted by molar-refractivity contribution is 0.0955. The summed E-state index contributed by atoms with van der Waals surface area (Å²) in [6.07, 6.45) is 2.29. The molecule has 3 N–H and O–H groups in total. The Morgan fingerprint density at radius 1 is 1.17 bits per heavy atom. The molecule has 0 heterocycles. The lowest BCUT2D eigenvalue weighted by Gasteiger charge is -2.05. The number of benzene rings is 2. The first-order chi connectivity index (χ1) is 11.1. The third-order valence-electron chi connectivity index (χ3n) is 2.97. The number of carbonyl (C=O) groups is 1. The monoisotopic (exact) mass is 314 g/mol. The van der Waals surface area contributed by atoms with E-state index in [9.17, 15) is 15.0 Å². The van der Waals surface area contributed by atoms with E-state index in [0.717, 1.165) is 6.42 Å². The highest BCUT2D eigenvalue weighted by Crippen LogP contribution is 2.23. The average molecular weight is 314 g/mol. The number of phenolic OH excluding ortho intramolecular Hbond substituents is 2. The Hall–Kier alpha value is -3.02. The molecular formula is C17H18N2O4. The van der Waals surface area contributed by atoms with Gasteiger partial charge in [0.2, 0.25) is 0 Å². The van der Waals surface area contributed by atoms with Crippen LogP contribution in [0.15, 0.2) is 47.6 Å². The van der Waals surface area contributed by atoms with Crippen molar-refractivity contribution in [2.75, 3.05) is 6.61 Å². The molecule has 120 valence electrons. The number of nitrogens with one attached hydrogen (secondary N) is 1. The van der Waals surface area contributed by atoms with Gasteiger partial charge in [-0.05, 0) is 54.4 Å². The SMILES string of the molecule is CCCOc1ccc(C(=O)N/N=C\c2ccc(O)c(O)c2)cc1. The molecule has 0 saturated heterocycles. The van der Waals surface area contributed by atoms with Gasteiger partial charge >= 0.3 is 0 Å². The van der Waals surface area contributed by atoms with Crippen LogP contribution in [0.2, 0.25) is 0 Å². The van der Waals surface area contributed by atoms with Gasteiger partial charge in [0.15, 0.2) is 11.5 Å². The molecule has 6 nitrogen and oxygen atoms in total. The molecule has 23 heavy (non-hydrogen) atoms. The van der Waals surface area contributed by atoms with Crippen molar-refractivity contribution in [1.29, 1.82) is 0 Å². The molecule has 0 aliphatic carbocycles. The molecule has 0 radical (unpaired) electrons. The number of hydrazone groups is 1. The molecule has 0 spiro atoms. The van der Waals surface area contributed by atoms with E-state index < -0.39 is 0 Å². The molecule has 0 unspecified atom stereocenters. The number of nitrogens with zero attached hydrogens (tertiary/aromatic N) is 1. The maximum atomic E-state index is 11.9. The highest BCUT2D eigenvalue weighted by molar-refractivity contribution is 5.95. The molecule has 0 aliphatic heterocycles. The van der Waals surface area contributed by atoms with Crippen molar-refractivity contribution in [3.05, 3.63) is 53.6 Å². The van der Waals surface area contributed by atoms with E-state index in [1.54, 1.807) is 30.3 Å². The molecule has 0 aliphatic rings. The van der Waals surface area contributed by atoms with Crippen LogP contribution in [0.1, 0.15) is 29.3 Å². The van der Waals surface area contributed by atoms with E-state index in [1.165, 1.54) is 18.3 Å². The van der Waals surface area contributed by atoms with Crippen molar-refractivity contribution in [3.8, 4) is 17.2 Å². The normalized spacial score (nSPS) is 10.7. The molecule has 0 bridgehead atoms. The minimum Gasteiger partial charge on any atom is -0.504 e. The van der Waals surface area contributed by atoms with E-state index in [0.29, 0.717) is 23.5 Å². The van der Waals surface area contributed by atoms with Crippen LogP contribution < -0.4 is 10.2 Å². The first kappa shape index (κ1) is 16.4. The fourth-order valence-corrected chi connectivity index (χ4v) is 1.77. The largest absolute Gasteiger partial charge is 0.504 e. The summed E-state index contributed by atoms with van der Waals surface area (Å²) in [5.74, 6) is -0.0997. The van der Waals surface area contributed by atoms with E-state index >= 15 is 0 Å². The number of amides is 1. The molecule has 2 aromatic carbocycles. The molecule has 0 saturated carbocycles. The zero-order valence-corrected chi connectivity index (χ0v) is 12.7. The number of carbonyl (C=O) groups excluding carboxylic acids is 1. The minimum atomic E-state index is -0.355. The van der Waals surface area contributed by atoms with Crippen LogP contribution in [-0.4, -0.2) is 28.9 Å². The van der Waals surface area contributed by atoms with Crippen molar-refractivity contribution in [2.45, 2.75) is 13.3 Å². The molecule has 6 heteroatoms. The summed E-state index contributed by atoms with van der Waals surface area (Å²) < 4.78 is 5.44. The van der Waals surface area contributed by atoms with Crippen molar-refractivity contribution < 1.29 is 19.7 Å². The van der Waals surface area contributed by atoms with Gasteiger partial charge in [-0.3, -0.25) is 4.79 Å². The number of phenols is 2. The predicted octanol–water partition coefficient (Wildman–Crippen LogP) is 2.65. The summed E-state index contributed by atoms with van der Waals surface area (Å²) in [7, 11) is 0. The van der Waals surface area contributed by atoms with Gasteiger partial charge in [-0.25, -0.2) is 5.43 Å². The van der Waals surface area contributed by atoms with Gasteiger partial charge in [0, 0.05) is 5.56 Å². The second-order valence-corrected chi connectivity index (χ2v) is 4.82. The zero-order valence-electron chi connectivity index (χ0n) is 12.7. The number of aromatic hydroxyl groups is 2. The first-order valence-corrected chi connectivity index (χ1v) is 7.18. The molecule has 2 aromatic rings. The first-order valence-electron chi connectivity index (χ1n) is 7.18. The maximum Gasteiger partial charge on any atom is 0.271 e. The van der Waals surface area contributed by atoms with Crippen LogP contribution in [0.3, 0.4) is 0 Å². The summed E-state index contributed by atoms with van der Waals surface area (Å²) in [5, 5.41) is 22.4. The Morgan fingerprint density at radius 3 is 2.57 bits per heavy atom. The zero-order chi connectivity index (χ0) is 16.7. The van der Waals surface area contributed by atoms with Crippen LogP contribution in [0.5, 0.6) is 17.2 Å². The van der Waals surface area contributed by atoms with Crippen molar-refractivity contribution in [2.24, 2.45) is 5.10 Å². The Bertz CT molecular complexity index is 696. The fourth-order valence-electron chi connectivity index (χ4n) is 1.77. The lowest BCUT2D eigenvalue weighted by atomic mass is 10.2. The highest BCUT2D eigenvalue weighted by atomic mass is 16.5. The fraction of sp³-hybridized carbons (Fsp3) is 0.176. The number of hydrogen-bond acceptors (Lipinski definition) is 5. The number of hydrogen-bond donors (Lipinski definition) is 3. The molecule has 0 aromatic heterocycles. The second kappa shape index (κ2) is 7.84. The Labute approximate surface area is 134 Å². The lowest BCUT2D eigenvalue weighted by Crippen LogP contribution is -2.17. The Morgan fingerprint density at radius 2 is 1.91 bits per heavy atom. The van der Waals surface area contributed by atoms with Crippen molar-refractivity contribution in [3.63, 3.8) is 0 Å². The van der Waals surface area contributed by atoms with Crippen LogP contribution in [-0.2, 0) is 0 Å². The average Bonchev–Trinajstić information content (AvgIpc) is 2.56. The van der Waals surface area contributed by atoms with Crippen LogP contribution in [0.25, 0.3) is 0 Å². The predicted molar refractivity (Wildman–Crippen MR) is 87.1 cm³/mol. The Kier molecular flexibility index (Phi) is 5.57. The molecule has 1 amide bonds. The van der Waals surface area contributed by atoms with Crippen LogP contribution in [0, 0.1) is 0 Å². The van der Waals surface area contributed by atoms with E-state index in [2.05, 4.69) is 10.5 Å². The van der Waals surface area contributed by atoms with E-state index in [-0.39, 0.29) is 17.4 Å². The topological polar surface area (TPSA) is 91.2 Å². The van der Waals surface area contributed by atoms with Crippen molar-refractivity contribution in [1.82, 2.24) is 5.43 Å². The molecule has 0 atom stereocenters. The summed E-state index contributed by atoms with van der Waals surface area (Å²) >= 11 is 0. The van der Waals surface area contributed by atoms with E-state index in [4.69, 9.17) is 4.74 Å².